The van der Waals surface area contributed by atoms with Gasteiger partial charge in [-0.3, -0.25) is 10.1 Å². The zero-order chi connectivity index (χ0) is 18.7. The van der Waals surface area contributed by atoms with Crippen LogP contribution in [0.5, 0.6) is 0 Å². The molecule has 0 aromatic heterocycles. The number of nitrogens with zero attached hydrogens (tertiary/aromatic N) is 3. The summed E-state index contributed by atoms with van der Waals surface area (Å²) in [6.45, 7) is 5.85. The molecule has 0 bridgehead atoms. The van der Waals surface area contributed by atoms with Crippen LogP contribution < -0.4 is 10.2 Å². The fourth-order valence-corrected chi connectivity index (χ4v) is 3.39. The molecule has 1 unspecified atom stereocenters. The number of hydrogen-bond donors (Lipinski definition) is 1. The van der Waals surface area contributed by atoms with Crippen LogP contribution in [0.25, 0.3) is 0 Å². The number of hydrogen-bond acceptors (Lipinski definition) is 5. The van der Waals surface area contributed by atoms with E-state index in [9.17, 15) is 10.1 Å². The maximum atomic E-state index is 11.5. The van der Waals surface area contributed by atoms with Crippen LogP contribution >= 0.6 is 15.9 Å². The fourth-order valence-electron chi connectivity index (χ4n) is 3.13. The second-order valence-corrected chi connectivity index (χ2v) is 7.58. The third kappa shape index (κ3) is 4.34. The average molecular weight is 419 g/mol. The Morgan fingerprint density at radius 1 is 1.12 bits per heavy atom. The van der Waals surface area contributed by atoms with Crippen molar-refractivity contribution < 1.29 is 4.92 Å². The lowest BCUT2D eigenvalue weighted by molar-refractivity contribution is -0.384. The van der Waals surface area contributed by atoms with Crippen molar-refractivity contribution in [2.75, 3.05) is 43.4 Å². The Balaban J connectivity index is 1.84. The largest absolute Gasteiger partial charge is 0.373 e. The highest BCUT2D eigenvalue weighted by molar-refractivity contribution is 9.10. The van der Waals surface area contributed by atoms with Crippen molar-refractivity contribution in [2.24, 2.45) is 0 Å². The van der Waals surface area contributed by atoms with E-state index in [0.717, 1.165) is 41.9 Å². The van der Waals surface area contributed by atoms with Gasteiger partial charge in [-0.15, -0.1) is 0 Å². The second kappa shape index (κ2) is 8.05. The molecule has 7 heteroatoms. The molecule has 1 atom stereocenters. The van der Waals surface area contributed by atoms with Gasteiger partial charge in [-0.1, -0.05) is 28.1 Å². The van der Waals surface area contributed by atoms with E-state index in [0.29, 0.717) is 5.69 Å². The van der Waals surface area contributed by atoms with E-state index in [4.69, 9.17) is 0 Å². The van der Waals surface area contributed by atoms with Crippen molar-refractivity contribution >= 4 is 33.0 Å². The number of piperazine rings is 1. The summed E-state index contributed by atoms with van der Waals surface area (Å²) in [4.78, 5) is 15.7. The zero-order valence-corrected chi connectivity index (χ0v) is 16.6. The van der Waals surface area contributed by atoms with Crippen molar-refractivity contribution in [3.63, 3.8) is 0 Å². The Bertz CT molecular complexity index is 774. The van der Waals surface area contributed by atoms with Gasteiger partial charge in [0.15, 0.2) is 0 Å². The first-order valence-corrected chi connectivity index (χ1v) is 9.47. The van der Waals surface area contributed by atoms with Crippen LogP contribution in [0, 0.1) is 10.1 Å². The summed E-state index contributed by atoms with van der Waals surface area (Å²) >= 11 is 3.43. The summed E-state index contributed by atoms with van der Waals surface area (Å²) in [5, 5.41) is 14.8. The highest BCUT2D eigenvalue weighted by Gasteiger charge is 2.20. The maximum absolute atomic E-state index is 11.5. The molecule has 1 aliphatic rings. The summed E-state index contributed by atoms with van der Waals surface area (Å²) in [7, 11) is 2.11. The molecule has 1 N–H and O–H groups in total. The molecule has 0 amide bonds. The number of rotatable bonds is 5. The standard InChI is InChI=1S/C19H23BrN4O2/c1-14(15-3-5-16(20)6-4-15)21-18-13-17(7-8-19(18)24(25)26)23-11-9-22(2)10-12-23/h3-8,13-14,21H,9-12H2,1-2H3. The van der Waals surface area contributed by atoms with Gasteiger partial charge in [-0.2, -0.15) is 0 Å². The Labute approximate surface area is 162 Å². The third-order valence-corrected chi connectivity index (χ3v) is 5.32. The first-order chi connectivity index (χ1) is 12.4. The highest BCUT2D eigenvalue weighted by Crippen LogP contribution is 2.33. The van der Waals surface area contributed by atoms with Crippen molar-refractivity contribution in [3.8, 4) is 0 Å². The summed E-state index contributed by atoms with van der Waals surface area (Å²) in [6, 6.07) is 13.3. The summed E-state index contributed by atoms with van der Waals surface area (Å²) < 4.78 is 1.01. The van der Waals surface area contributed by atoms with Crippen LogP contribution in [-0.4, -0.2) is 43.0 Å². The van der Waals surface area contributed by atoms with Crippen molar-refractivity contribution in [1.82, 2.24) is 4.90 Å². The van der Waals surface area contributed by atoms with E-state index in [1.807, 2.05) is 43.3 Å². The first kappa shape index (κ1) is 18.7. The number of nitro groups is 1. The Kier molecular flexibility index (Phi) is 5.78. The second-order valence-electron chi connectivity index (χ2n) is 6.67. The van der Waals surface area contributed by atoms with Crippen molar-refractivity contribution in [3.05, 3.63) is 62.6 Å². The summed E-state index contributed by atoms with van der Waals surface area (Å²) in [5.74, 6) is 0. The SMILES string of the molecule is CC(Nc1cc(N2CCN(C)CC2)ccc1[N+](=O)[O-])c1ccc(Br)cc1. The van der Waals surface area contributed by atoms with Crippen LogP contribution in [-0.2, 0) is 0 Å². The van der Waals surface area contributed by atoms with E-state index < -0.39 is 0 Å². The Morgan fingerprint density at radius 2 is 1.77 bits per heavy atom. The molecule has 0 spiro atoms. The maximum Gasteiger partial charge on any atom is 0.292 e. The van der Waals surface area contributed by atoms with Crippen LogP contribution in [0.2, 0.25) is 0 Å². The quantitative estimate of drug-likeness (QED) is 0.579. The molecule has 1 heterocycles. The molecule has 2 aromatic rings. The predicted octanol–water partition coefficient (Wildman–Crippen LogP) is 4.28. The van der Waals surface area contributed by atoms with Gasteiger partial charge in [-0.05, 0) is 43.8 Å². The molecule has 1 fully saturated rings. The molecular formula is C19H23BrN4O2. The van der Waals surface area contributed by atoms with Crippen LogP contribution in [0.3, 0.4) is 0 Å². The summed E-state index contributed by atoms with van der Waals surface area (Å²) in [6.07, 6.45) is 0. The van der Waals surface area contributed by atoms with Gasteiger partial charge in [0.2, 0.25) is 0 Å². The van der Waals surface area contributed by atoms with E-state index in [-0.39, 0.29) is 16.7 Å². The lowest BCUT2D eigenvalue weighted by Gasteiger charge is -2.34. The van der Waals surface area contributed by atoms with Crippen molar-refractivity contribution in [1.29, 1.82) is 0 Å². The smallest absolute Gasteiger partial charge is 0.292 e. The van der Waals surface area contributed by atoms with E-state index >= 15 is 0 Å². The molecule has 0 saturated carbocycles. The molecule has 0 aliphatic carbocycles. The Morgan fingerprint density at radius 3 is 2.38 bits per heavy atom. The number of nitro benzene ring substituents is 1. The molecule has 26 heavy (non-hydrogen) atoms. The normalized spacial score (nSPS) is 16.3. The number of nitrogens with one attached hydrogen (secondary N) is 1. The third-order valence-electron chi connectivity index (χ3n) is 4.79. The van der Waals surface area contributed by atoms with Gasteiger partial charge in [0.05, 0.1) is 4.92 Å². The predicted molar refractivity (Wildman–Crippen MR) is 109 cm³/mol. The fraction of sp³-hybridized carbons (Fsp3) is 0.368. The molecule has 3 rings (SSSR count). The number of benzene rings is 2. The highest BCUT2D eigenvalue weighted by atomic mass is 79.9. The molecule has 6 nitrogen and oxygen atoms in total. The number of likely N-dealkylation sites (N-methyl/N-ethyl adjacent to an activating group) is 1. The topological polar surface area (TPSA) is 61.6 Å². The van der Waals surface area contributed by atoms with Gasteiger partial charge in [-0.25, -0.2) is 0 Å². The minimum atomic E-state index is -0.329. The average Bonchev–Trinajstić information content (AvgIpc) is 2.62. The van der Waals surface area contributed by atoms with E-state index in [1.54, 1.807) is 6.07 Å². The molecule has 0 radical (unpaired) electrons. The molecule has 1 aliphatic heterocycles. The van der Waals surface area contributed by atoms with Crippen LogP contribution in [0.15, 0.2) is 46.9 Å². The van der Waals surface area contributed by atoms with Gasteiger partial charge in [0.1, 0.15) is 5.69 Å². The molecule has 1 saturated heterocycles. The number of anilines is 2. The lowest BCUT2D eigenvalue weighted by atomic mass is 10.1. The van der Waals surface area contributed by atoms with Gasteiger partial charge >= 0.3 is 0 Å². The summed E-state index contributed by atoms with van der Waals surface area (Å²) in [5.41, 5.74) is 2.76. The van der Waals surface area contributed by atoms with Gasteiger partial charge in [0.25, 0.3) is 5.69 Å². The Hall–Kier alpha value is -2.12. The molecular weight excluding hydrogens is 396 g/mol. The number of halogens is 1. The first-order valence-electron chi connectivity index (χ1n) is 8.68. The van der Waals surface area contributed by atoms with Crippen LogP contribution in [0.4, 0.5) is 17.1 Å². The zero-order valence-electron chi connectivity index (χ0n) is 15.0. The van der Waals surface area contributed by atoms with E-state index in [2.05, 4.69) is 38.1 Å². The lowest BCUT2D eigenvalue weighted by Crippen LogP contribution is -2.44. The molecule has 138 valence electrons. The van der Waals surface area contributed by atoms with Gasteiger partial charge in [0, 0.05) is 48.4 Å². The van der Waals surface area contributed by atoms with Crippen LogP contribution in [0.1, 0.15) is 18.5 Å². The van der Waals surface area contributed by atoms with E-state index in [1.165, 1.54) is 0 Å². The monoisotopic (exact) mass is 418 g/mol. The minimum Gasteiger partial charge on any atom is -0.373 e. The molecule has 2 aromatic carbocycles. The van der Waals surface area contributed by atoms with Gasteiger partial charge < -0.3 is 15.1 Å². The minimum absolute atomic E-state index is 0.0375. The van der Waals surface area contributed by atoms with Crippen molar-refractivity contribution in [2.45, 2.75) is 13.0 Å².